The van der Waals surface area contributed by atoms with Crippen LogP contribution in [0.5, 0.6) is 5.75 Å². The number of piperazine rings is 1. The highest BCUT2D eigenvalue weighted by Crippen LogP contribution is 2.19. The number of benzene rings is 1. The van der Waals surface area contributed by atoms with Crippen LogP contribution in [0.25, 0.3) is 0 Å². The largest absolute Gasteiger partial charge is 0.497 e. The molecule has 106 valence electrons. The van der Waals surface area contributed by atoms with Crippen LogP contribution in [0.15, 0.2) is 24.3 Å². The predicted molar refractivity (Wildman–Crippen MR) is 78.4 cm³/mol. The molecule has 0 saturated carbocycles. The van der Waals surface area contributed by atoms with E-state index in [0.29, 0.717) is 0 Å². The van der Waals surface area contributed by atoms with Gasteiger partial charge >= 0.3 is 0 Å². The van der Waals surface area contributed by atoms with Crippen LogP contribution >= 0.6 is 0 Å². The second kappa shape index (κ2) is 5.90. The smallest absolute Gasteiger partial charge is 0.118 e. The number of likely N-dealkylation sites (N-methyl/N-ethyl adjacent to an activating group) is 1. The van der Waals surface area contributed by atoms with Crippen molar-refractivity contribution in [1.29, 1.82) is 0 Å². The average molecular weight is 263 g/mol. The van der Waals surface area contributed by atoms with E-state index in [1.807, 2.05) is 12.1 Å². The van der Waals surface area contributed by atoms with Gasteiger partial charge in [-0.3, -0.25) is 4.90 Å². The van der Waals surface area contributed by atoms with Gasteiger partial charge in [0.15, 0.2) is 0 Å². The molecule has 1 aromatic carbocycles. The Morgan fingerprint density at radius 2 is 1.74 bits per heavy atom. The molecule has 0 amide bonds. The molecule has 2 N–H and O–H groups in total. The molecule has 0 aliphatic carbocycles. The maximum absolute atomic E-state index is 6.52. The van der Waals surface area contributed by atoms with E-state index in [0.717, 1.165) is 38.3 Å². The molecular formula is C15H25N3O. The van der Waals surface area contributed by atoms with Gasteiger partial charge < -0.3 is 15.4 Å². The topological polar surface area (TPSA) is 41.7 Å². The Balaban J connectivity index is 1.99. The molecule has 1 unspecified atom stereocenters. The lowest BCUT2D eigenvalue weighted by Gasteiger charge is -2.43. The van der Waals surface area contributed by atoms with Gasteiger partial charge in [0.1, 0.15) is 5.75 Å². The molecular weight excluding hydrogens is 238 g/mol. The highest BCUT2D eigenvalue weighted by Gasteiger charge is 2.29. The van der Waals surface area contributed by atoms with Crippen molar-refractivity contribution < 1.29 is 4.74 Å². The van der Waals surface area contributed by atoms with Crippen molar-refractivity contribution in [2.45, 2.75) is 19.0 Å². The molecule has 1 atom stereocenters. The first kappa shape index (κ1) is 14.3. The van der Waals surface area contributed by atoms with E-state index in [1.54, 1.807) is 7.11 Å². The van der Waals surface area contributed by atoms with Gasteiger partial charge in [-0.15, -0.1) is 0 Å². The molecule has 1 aliphatic heterocycles. The first-order valence-electron chi connectivity index (χ1n) is 6.87. The summed E-state index contributed by atoms with van der Waals surface area (Å²) in [6, 6.07) is 8.19. The average Bonchev–Trinajstić information content (AvgIpc) is 2.40. The summed E-state index contributed by atoms with van der Waals surface area (Å²) in [5.41, 5.74) is 7.49. The predicted octanol–water partition coefficient (Wildman–Crippen LogP) is 1.16. The van der Waals surface area contributed by atoms with E-state index in [4.69, 9.17) is 10.5 Å². The third-order valence-corrected chi connectivity index (χ3v) is 3.95. The van der Waals surface area contributed by atoms with Crippen molar-refractivity contribution in [1.82, 2.24) is 9.80 Å². The summed E-state index contributed by atoms with van der Waals surface area (Å²) >= 11 is 0. The Hall–Kier alpha value is -1.10. The molecule has 1 aromatic rings. The van der Waals surface area contributed by atoms with E-state index in [-0.39, 0.29) is 5.66 Å². The van der Waals surface area contributed by atoms with E-state index in [1.165, 1.54) is 5.56 Å². The summed E-state index contributed by atoms with van der Waals surface area (Å²) in [7, 11) is 3.85. The molecule has 1 heterocycles. The number of rotatable bonds is 4. The monoisotopic (exact) mass is 263 g/mol. The summed E-state index contributed by atoms with van der Waals surface area (Å²) in [4.78, 5) is 4.73. The van der Waals surface area contributed by atoms with Crippen LogP contribution in [0, 0.1) is 0 Å². The molecule has 0 radical (unpaired) electrons. The molecule has 4 heteroatoms. The Morgan fingerprint density at radius 1 is 1.16 bits per heavy atom. The Bertz CT molecular complexity index is 394. The Kier molecular flexibility index (Phi) is 4.45. The number of methoxy groups -OCH3 is 1. The SMILES string of the molecule is COc1ccc(CC(C)(N)N2CCN(C)CC2)cc1. The van der Waals surface area contributed by atoms with Crippen LogP contribution < -0.4 is 10.5 Å². The van der Waals surface area contributed by atoms with Crippen molar-refractivity contribution in [3.8, 4) is 5.75 Å². The van der Waals surface area contributed by atoms with E-state index >= 15 is 0 Å². The Labute approximate surface area is 116 Å². The van der Waals surface area contributed by atoms with Gasteiger partial charge in [-0.1, -0.05) is 12.1 Å². The summed E-state index contributed by atoms with van der Waals surface area (Å²) in [5.74, 6) is 0.891. The molecule has 1 saturated heterocycles. The van der Waals surface area contributed by atoms with Crippen molar-refractivity contribution in [3.05, 3.63) is 29.8 Å². The van der Waals surface area contributed by atoms with Gasteiger partial charge in [0.05, 0.1) is 12.8 Å². The molecule has 2 rings (SSSR count). The first-order valence-corrected chi connectivity index (χ1v) is 6.87. The molecule has 0 bridgehead atoms. The lowest BCUT2D eigenvalue weighted by atomic mass is 9.99. The second-order valence-corrected chi connectivity index (χ2v) is 5.67. The summed E-state index contributed by atoms with van der Waals surface area (Å²) < 4.78 is 5.18. The van der Waals surface area contributed by atoms with Gasteiger partial charge in [-0.05, 0) is 31.7 Å². The summed E-state index contributed by atoms with van der Waals surface area (Å²) in [5, 5.41) is 0. The molecule has 1 aliphatic rings. The zero-order chi connectivity index (χ0) is 13.9. The molecule has 1 fully saturated rings. The van der Waals surface area contributed by atoms with Gasteiger partial charge in [0.25, 0.3) is 0 Å². The molecule has 4 nitrogen and oxygen atoms in total. The van der Waals surface area contributed by atoms with Crippen LogP contribution in [0.2, 0.25) is 0 Å². The van der Waals surface area contributed by atoms with E-state index in [9.17, 15) is 0 Å². The number of nitrogens with two attached hydrogens (primary N) is 1. The van der Waals surface area contributed by atoms with Crippen molar-refractivity contribution >= 4 is 0 Å². The zero-order valence-corrected chi connectivity index (χ0v) is 12.2. The van der Waals surface area contributed by atoms with Crippen LogP contribution in [0.1, 0.15) is 12.5 Å². The number of hydrogen-bond acceptors (Lipinski definition) is 4. The van der Waals surface area contributed by atoms with Crippen LogP contribution in [0.4, 0.5) is 0 Å². The zero-order valence-electron chi connectivity index (χ0n) is 12.2. The Morgan fingerprint density at radius 3 is 2.26 bits per heavy atom. The van der Waals surface area contributed by atoms with Crippen LogP contribution in [-0.4, -0.2) is 55.8 Å². The minimum Gasteiger partial charge on any atom is -0.497 e. The normalized spacial score (nSPS) is 21.1. The first-order chi connectivity index (χ1) is 9.01. The van der Waals surface area contributed by atoms with Crippen molar-refractivity contribution in [3.63, 3.8) is 0 Å². The van der Waals surface area contributed by atoms with Gasteiger partial charge in [0, 0.05) is 32.6 Å². The summed E-state index contributed by atoms with van der Waals surface area (Å²) in [6.45, 7) is 6.40. The van der Waals surface area contributed by atoms with Crippen LogP contribution in [-0.2, 0) is 6.42 Å². The number of nitrogens with zero attached hydrogens (tertiary/aromatic N) is 2. The van der Waals surface area contributed by atoms with Crippen LogP contribution in [0.3, 0.4) is 0 Å². The van der Waals surface area contributed by atoms with E-state index < -0.39 is 0 Å². The molecule has 0 spiro atoms. The molecule has 0 aromatic heterocycles. The quantitative estimate of drug-likeness (QED) is 0.885. The fraction of sp³-hybridized carbons (Fsp3) is 0.600. The highest BCUT2D eigenvalue weighted by atomic mass is 16.5. The minimum absolute atomic E-state index is 0.282. The lowest BCUT2D eigenvalue weighted by molar-refractivity contribution is 0.0546. The maximum atomic E-state index is 6.52. The fourth-order valence-corrected chi connectivity index (χ4v) is 2.59. The van der Waals surface area contributed by atoms with Gasteiger partial charge in [-0.2, -0.15) is 0 Å². The minimum atomic E-state index is -0.282. The lowest BCUT2D eigenvalue weighted by Crippen LogP contribution is -2.60. The fourth-order valence-electron chi connectivity index (χ4n) is 2.59. The summed E-state index contributed by atoms with van der Waals surface area (Å²) in [6.07, 6.45) is 0.862. The number of ether oxygens (including phenoxy) is 1. The molecule has 19 heavy (non-hydrogen) atoms. The van der Waals surface area contributed by atoms with Gasteiger partial charge in [-0.25, -0.2) is 0 Å². The van der Waals surface area contributed by atoms with Gasteiger partial charge in [0.2, 0.25) is 0 Å². The highest BCUT2D eigenvalue weighted by molar-refractivity contribution is 5.28. The third-order valence-electron chi connectivity index (χ3n) is 3.95. The van der Waals surface area contributed by atoms with E-state index in [2.05, 4.69) is 35.9 Å². The standard InChI is InChI=1S/C15H25N3O/c1-15(16,18-10-8-17(2)9-11-18)12-13-4-6-14(19-3)7-5-13/h4-7H,8-12,16H2,1-3H3. The van der Waals surface area contributed by atoms with Crippen molar-refractivity contribution in [2.24, 2.45) is 5.73 Å². The third kappa shape index (κ3) is 3.69. The van der Waals surface area contributed by atoms with Crippen molar-refractivity contribution in [2.75, 3.05) is 40.3 Å². The number of hydrogen-bond donors (Lipinski definition) is 1. The second-order valence-electron chi connectivity index (χ2n) is 5.67. The maximum Gasteiger partial charge on any atom is 0.118 e.